The zero-order valence-electron chi connectivity index (χ0n) is 18.1. The highest BCUT2D eigenvalue weighted by atomic mass is 35.5. The number of pyridine rings is 2. The first-order chi connectivity index (χ1) is 17.4. The summed E-state index contributed by atoms with van der Waals surface area (Å²) >= 11 is 6.53. The highest BCUT2D eigenvalue weighted by molar-refractivity contribution is 6.36. The molecule has 2 aromatic carbocycles. The fraction of sp³-hybridized carbons (Fsp3) is 0.0417. The van der Waals surface area contributed by atoms with Gasteiger partial charge in [0.2, 0.25) is 5.95 Å². The monoisotopic (exact) mass is 506 g/mol. The highest BCUT2D eigenvalue weighted by Gasteiger charge is 2.20. The Morgan fingerprint density at radius 2 is 1.78 bits per heavy atom. The molecule has 0 spiro atoms. The molecular formula is C24H14ClF3N8. The Balaban J connectivity index is 1.61. The molecule has 3 aromatic heterocycles. The lowest BCUT2D eigenvalue weighted by atomic mass is 10.0. The van der Waals surface area contributed by atoms with Gasteiger partial charge in [-0.1, -0.05) is 23.7 Å². The maximum Gasteiger partial charge on any atom is 0.249 e. The maximum absolute atomic E-state index is 13.7. The number of benzene rings is 2. The standard InChI is InChI=1S/C24H14ClF3N8/c25-18-6-15(33-22(20-11-32-36-35-20)12-1-3-14(26)4-2-12)5-17-21(13(8-29)9-30-23(17)18)34-16-7-19(27)24(28)31-10-16/h1-7,9-11,22,33H,(H,30,34)(H,32,35,36). The number of fused-ring (bicyclic) bond motifs is 1. The smallest absolute Gasteiger partial charge is 0.249 e. The van der Waals surface area contributed by atoms with E-state index in [1.807, 2.05) is 6.07 Å². The number of nitrogens with zero attached hydrogens (tertiary/aromatic N) is 5. The summed E-state index contributed by atoms with van der Waals surface area (Å²) in [5, 5.41) is 27.1. The predicted octanol–water partition coefficient (Wildman–Crippen LogP) is 5.64. The van der Waals surface area contributed by atoms with Gasteiger partial charge in [0.25, 0.3) is 0 Å². The van der Waals surface area contributed by atoms with E-state index in [4.69, 9.17) is 11.6 Å². The van der Waals surface area contributed by atoms with E-state index in [1.165, 1.54) is 24.5 Å². The summed E-state index contributed by atoms with van der Waals surface area (Å²) in [6.45, 7) is 0. The van der Waals surface area contributed by atoms with Crippen LogP contribution in [0.4, 0.5) is 30.2 Å². The Morgan fingerprint density at radius 1 is 0.972 bits per heavy atom. The number of aromatic amines is 1. The van der Waals surface area contributed by atoms with Crippen molar-refractivity contribution in [3.63, 3.8) is 0 Å². The number of rotatable bonds is 6. The second-order valence-electron chi connectivity index (χ2n) is 7.66. The third-order valence-corrected chi connectivity index (χ3v) is 5.64. The summed E-state index contributed by atoms with van der Waals surface area (Å²) in [6.07, 6.45) is 3.96. The summed E-state index contributed by atoms with van der Waals surface area (Å²) in [5.41, 5.74) is 2.68. The number of hydrogen-bond acceptors (Lipinski definition) is 7. The zero-order valence-corrected chi connectivity index (χ0v) is 18.9. The molecule has 0 aliphatic carbocycles. The number of hydrogen-bond donors (Lipinski definition) is 3. The lowest BCUT2D eigenvalue weighted by Crippen LogP contribution is -2.13. The SMILES string of the molecule is N#Cc1cnc2c(Cl)cc(NC(c3ccc(F)cc3)c3cn[nH]n3)cc2c1Nc1cnc(F)c(F)c1. The molecule has 0 fully saturated rings. The average molecular weight is 507 g/mol. The second kappa shape index (κ2) is 9.52. The van der Waals surface area contributed by atoms with E-state index >= 15 is 0 Å². The van der Waals surface area contributed by atoms with Gasteiger partial charge in [-0.2, -0.15) is 25.1 Å². The van der Waals surface area contributed by atoms with Crippen molar-refractivity contribution in [2.45, 2.75) is 6.04 Å². The molecule has 0 amide bonds. The molecule has 12 heteroatoms. The number of aromatic nitrogens is 5. The van der Waals surface area contributed by atoms with Crippen LogP contribution in [0.1, 0.15) is 22.9 Å². The average Bonchev–Trinajstić information content (AvgIpc) is 3.40. The molecule has 0 saturated heterocycles. The molecule has 5 aromatic rings. The first-order valence-electron chi connectivity index (χ1n) is 10.4. The van der Waals surface area contributed by atoms with E-state index in [-0.39, 0.29) is 27.8 Å². The van der Waals surface area contributed by atoms with Gasteiger partial charge in [0, 0.05) is 23.3 Å². The molecule has 0 bridgehead atoms. The molecule has 0 saturated carbocycles. The Morgan fingerprint density at radius 3 is 2.47 bits per heavy atom. The number of nitrogens with one attached hydrogen (secondary N) is 3. The van der Waals surface area contributed by atoms with Crippen molar-refractivity contribution in [2.75, 3.05) is 10.6 Å². The molecule has 0 aliphatic rings. The maximum atomic E-state index is 13.7. The van der Waals surface area contributed by atoms with Crippen molar-refractivity contribution in [1.82, 2.24) is 25.4 Å². The minimum absolute atomic E-state index is 0.124. The van der Waals surface area contributed by atoms with E-state index in [2.05, 4.69) is 36.0 Å². The van der Waals surface area contributed by atoms with Crippen LogP contribution in [0.3, 0.4) is 0 Å². The first kappa shape index (κ1) is 23.1. The Hall–Kier alpha value is -4.69. The fourth-order valence-corrected chi connectivity index (χ4v) is 3.96. The van der Waals surface area contributed by atoms with Crippen molar-refractivity contribution >= 4 is 39.6 Å². The van der Waals surface area contributed by atoms with Crippen LogP contribution in [0.15, 0.2) is 61.1 Å². The van der Waals surface area contributed by atoms with Gasteiger partial charge in [0.05, 0.1) is 45.9 Å². The molecule has 8 nitrogen and oxygen atoms in total. The van der Waals surface area contributed by atoms with Gasteiger partial charge in [-0.3, -0.25) is 4.98 Å². The summed E-state index contributed by atoms with van der Waals surface area (Å²) < 4.78 is 40.6. The number of H-pyrrole nitrogens is 1. The van der Waals surface area contributed by atoms with Gasteiger partial charge < -0.3 is 10.6 Å². The molecule has 3 N–H and O–H groups in total. The van der Waals surface area contributed by atoms with Crippen molar-refractivity contribution in [2.24, 2.45) is 0 Å². The third-order valence-electron chi connectivity index (χ3n) is 5.35. The van der Waals surface area contributed by atoms with Gasteiger partial charge in [0.15, 0.2) is 5.82 Å². The van der Waals surface area contributed by atoms with Gasteiger partial charge in [-0.05, 0) is 29.8 Å². The van der Waals surface area contributed by atoms with Gasteiger partial charge in [-0.15, -0.1) is 0 Å². The van der Waals surface area contributed by atoms with Crippen LogP contribution >= 0.6 is 11.6 Å². The van der Waals surface area contributed by atoms with E-state index in [0.29, 0.717) is 27.8 Å². The normalized spacial score (nSPS) is 11.8. The number of anilines is 3. The first-order valence-corrected chi connectivity index (χ1v) is 10.8. The Bertz CT molecular complexity index is 1600. The van der Waals surface area contributed by atoms with Crippen LogP contribution in [-0.2, 0) is 0 Å². The molecule has 0 aliphatic heterocycles. The van der Waals surface area contributed by atoms with Crippen molar-refractivity contribution in [3.05, 3.63) is 100 Å². The van der Waals surface area contributed by atoms with Crippen LogP contribution in [0.2, 0.25) is 5.02 Å². The summed E-state index contributed by atoms with van der Waals surface area (Å²) in [4.78, 5) is 7.65. The van der Waals surface area contributed by atoms with Crippen LogP contribution in [0, 0.1) is 28.9 Å². The molecule has 178 valence electrons. The zero-order chi connectivity index (χ0) is 25.2. The Kier molecular flexibility index (Phi) is 6.10. The number of nitriles is 1. The molecule has 36 heavy (non-hydrogen) atoms. The topological polar surface area (TPSA) is 115 Å². The van der Waals surface area contributed by atoms with Crippen molar-refractivity contribution < 1.29 is 13.2 Å². The van der Waals surface area contributed by atoms with Gasteiger partial charge >= 0.3 is 0 Å². The summed E-state index contributed by atoms with van der Waals surface area (Å²) in [7, 11) is 0. The molecule has 0 radical (unpaired) electrons. The van der Waals surface area contributed by atoms with E-state index < -0.39 is 17.8 Å². The highest BCUT2D eigenvalue weighted by Crippen LogP contribution is 2.36. The van der Waals surface area contributed by atoms with Crippen molar-refractivity contribution in [1.29, 1.82) is 5.26 Å². The lowest BCUT2D eigenvalue weighted by Gasteiger charge is -2.20. The predicted molar refractivity (Wildman–Crippen MR) is 127 cm³/mol. The molecule has 1 atom stereocenters. The van der Waals surface area contributed by atoms with Crippen molar-refractivity contribution in [3.8, 4) is 6.07 Å². The fourth-order valence-electron chi connectivity index (χ4n) is 3.70. The van der Waals surface area contributed by atoms with Gasteiger partial charge in [-0.25, -0.2) is 13.8 Å². The van der Waals surface area contributed by atoms with Crippen LogP contribution in [0.5, 0.6) is 0 Å². The largest absolute Gasteiger partial charge is 0.373 e. The Labute approximate surface area is 206 Å². The molecule has 5 rings (SSSR count). The second-order valence-corrected chi connectivity index (χ2v) is 8.07. The summed E-state index contributed by atoms with van der Waals surface area (Å²) in [5.74, 6) is -2.77. The third kappa shape index (κ3) is 4.49. The van der Waals surface area contributed by atoms with E-state index in [9.17, 15) is 18.4 Å². The van der Waals surface area contributed by atoms with E-state index in [0.717, 1.165) is 12.3 Å². The summed E-state index contributed by atoms with van der Waals surface area (Å²) in [6, 6.07) is 11.7. The molecule has 3 heterocycles. The van der Waals surface area contributed by atoms with E-state index in [1.54, 1.807) is 24.3 Å². The number of halogens is 4. The van der Waals surface area contributed by atoms with Crippen LogP contribution in [-0.4, -0.2) is 25.4 Å². The van der Waals surface area contributed by atoms with Gasteiger partial charge in [0.1, 0.15) is 17.6 Å². The minimum Gasteiger partial charge on any atom is -0.373 e. The molecule has 1 unspecified atom stereocenters. The lowest BCUT2D eigenvalue weighted by molar-refractivity contribution is 0.480. The van der Waals surface area contributed by atoms with Crippen LogP contribution in [0.25, 0.3) is 10.9 Å². The molecular weight excluding hydrogens is 493 g/mol. The van der Waals surface area contributed by atoms with Crippen LogP contribution < -0.4 is 10.6 Å². The minimum atomic E-state index is -1.24. The quantitative estimate of drug-likeness (QED) is 0.255.